The van der Waals surface area contributed by atoms with Gasteiger partial charge in [-0.15, -0.1) is 0 Å². The molecule has 0 bridgehead atoms. The lowest BCUT2D eigenvalue weighted by atomic mass is 10.4. The van der Waals surface area contributed by atoms with Crippen molar-refractivity contribution in [3.63, 3.8) is 0 Å². The van der Waals surface area contributed by atoms with Crippen molar-refractivity contribution in [2.24, 2.45) is 0 Å². The van der Waals surface area contributed by atoms with E-state index in [4.69, 9.17) is 5.73 Å². The van der Waals surface area contributed by atoms with Crippen molar-refractivity contribution in [1.29, 1.82) is 0 Å². The fourth-order valence-corrected chi connectivity index (χ4v) is 0.725. The van der Waals surface area contributed by atoms with Crippen LogP contribution < -0.4 is 5.73 Å². The predicted molar refractivity (Wildman–Crippen MR) is 42.4 cm³/mol. The van der Waals surface area contributed by atoms with Gasteiger partial charge in [0, 0.05) is 0 Å². The van der Waals surface area contributed by atoms with E-state index in [9.17, 15) is 9.18 Å². The van der Waals surface area contributed by atoms with Crippen LogP contribution in [0.25, 0.3) is 0 Å². The minimum absolute atomic E-state index is 0.155. The molecule has 5 nitrogen and oxygen atoms in total. The molecule has 1 aromatic heterocycles. The van der Waals surface area contributed by atoms with Crippen LogP contribution >= 0.6 is 0 Å². The molecular weight excluding hydrogens is 177 g/mol. The highest BCUT2D eigenvalue weighted by Crippen LogP contribution is 2.09. The van der Waals surface area contributed by atoms with Gasteiger partial charge >= 0.3 is 5.97 Å². The van der Waals surface area contributed by atoms with Gasteiger partial charge in [0.1, 0.15) is 6.33 Å². The fourth-order valence-electron chi connectivity index (χ4n) is 0.725. The number of hydrogen-bond acceptors (Lipinski definition) is 5. The summed E-state index contributed by atoms with van der Waals surface area (Å²) in [7, 11) is 0. The Balaban J connectivity index is 3.01. The van der Waals surface area contributed by atoms with E-state index in [1.165, 1.54) is 0 Å². The van der Waals surface area contributed by atoms with Crippen LogP contribution in [-0.2, 0) is 4.74 Å². The highest BCUT2D eigenvalue weighted by Gasteiger charge is 2.16. The highest BCUT2D eigenvalue weighted by molar-refractivity contribution is 5.88. The van der Waals surface area contributed by atoms with E-state index >= 15 is 0 Å². The molecule has 0 aliphatic carbocycles. The van der Waals surface area contributed by atoms with E-state index in [0.717, 1.165) is 6.33 Å². The van der Waals surface area contributed by atoms with Gasteiger partial charge in [0.05, 0.1) is 6.61 Å². The van der Waals surface area contributed by atoms with Gasteiger partial charge in [0.25, 0.3) is 0 Å². The van der Waals surface area contributed by atoms with Crippen LogP contribution in [0.3, 0.4) is 0 Å². The topological polar surface area (TPSA) is 78.1 Å². The quantitative estimate of drug-likeness (QED) is 0.673. The number of nitrogens with zero attached hydrogens (tertiary/aromatic N) is 2. The molecule has 0 aromatic carbocycles. The van der Waals surface area contributed by atoms with Gasteiger partial charge in [0.2, 0.25) is 0 Å². The highest BCUT2D eigenvalue weighted by atomic mass is 19.1. The molecule has 1 aromatic rings. The number of nitrogens with two attached hydrogens (primary N) is 1. The van der Waals surface area contributed by atoms with Gasteiger partial charge in [-0.05, 0) is 6.92 Å². The van der Waals surface area contributed by atoms with Crippen molar-refractivity contribution >= 4 is 11.8 Å². The zero-order chi connectivity index (χ0) is 9.84. The summed E-state index contributed by atoms with van der Waals surface area (Å²) in [5.74, 6) is -2.15. The molecule has 0 spiro atoms. The van der Waals surface area contributed by atoms with Crippen LogP contribution in [-0.4, -0.2) is 22.5 Å². The van der Waals surface area contributed by atoms with E-state index in [1.54, 1.807) is 6.92 Å². The summed E-state index contributed by atoms with van der Waals surface area (Å²) in [4.78, 5) is 17.8. The summed E-state index contributed by atoms with van der Waals surface area (Å²) in [6, 6.07) is 0. The van der Waals surface area contributed by atoms with Crippen LogP contribution in [0.5, 0.6) is 0 Å². The second kappa shape index (κ2) is 3.79. The number of ether oxygens (including phenoxy) is 1. The van der Waals surface area contributed by atoms with Crippen molar-refractivity contribution in [1.82, 2.24) is 9.97 Å². The Morgan fingerprint density at radius 3 is 3.00 bits per heavy atom. The monoisotopic (exact) mass is 185 g/mol. The Kier molecular flexibility index (Phi) is 2.73. The second-order valence-corrected chi connectivity index (χ2v) is 2.14. The van der Waals surface area contributed by atoms with Crippen molar-refractivity contribution < 1.29 is 13.9 Å². The third-order valence-electron chi connectivity index (χ3n) is 1.29. The molecule has 13 heavy (non-hydrogen) atoms. The predicted octanol–water partition coefficient (Wildman–Crippen LogP) is 0.375. The molecule has 0 fully saturated rings. The molecule has 70 valence electrons. The lowest BCUT2D eigenvalue weighted by Crippen LogP contribution is -2.12. The van der Waals surface area contributed by atoms with Gasteiger partial charge in [-0.2, -0.15) is 0 Å². The largest absolute Gasteiger partial charge is 0.461 e. The standard InChI is InChI=1S/C7H8FN3O2/c1-2-13-7(12)5-4(8)6(9)11-3-10-5/h3H,2H2,1H3,(H2,9,10,11). The first kappa shape index (κ1) is 9.37. The summed E-state index contributed by atoms with van der Waals surface area (Å²) in [5, 5.41) is 0. The smallest absolute Gasteiger partial charge is 0.360 e. The van der Waals surface area contributed by atoms with E-state index in [0.29, 0.717) is 0 Å². The molecule has 0 radical (unpaired) electrons. The average Bonchev–Trinajstić information content (AvgIpc) is 2.10. The van der Waals surface area contributed by atoms with Gasteiger partial charge in [0.15, 0.2) is 17.3 Å². The summed E-state index contributed by atoms with van der Waals surface area (Å²) in [5.41, 5.74) is 4.68. The Morgan fingerprint density at radius 1 is 1.69 bits per heavy atom. The number of halogens is 1. The number of carbonyl (C=O) groups excluding carboxylic acids is 1. The van der Waals surface area contributed by atoms with E-state index in [1.807, 2.05) is 0 Å². The van der Waals surface area contributed by atoms with Crippen LogP contribution in [0.1, 0.15) is 17.4 Å². The van der Waals surface area contributed by atoms with Gasteiger partial charge in [-0.25, -0.2) is 19.2 Å². The van der Waals surface area contributed by atoms with Crippen molar-refractivity contribution in [3.05, 3.63) is 17.8 Å². The van der Waals surface area contributed by atoms with Crippen LogP contribution in [0.4, 0.5) is 10.2 Å². The fraction of sp³-hybridized carbons (Fsp3) is 0.286. The molecule has 2 N–H and O–H groups in total. The summed E-state index contributed by atoms with van der Waals surface area (Å²) in [6.45, 7) is 1.77. The first-order valence-corrected chi connectivity index (χ1v) is 3.60. The van der Waals surface area contributed by atoms with Crippen LogP contribution in [0, 0.1) is 5.82 Å². The molecular formula is C7H8FN3O2. The first-order valence-electron chi connectivity index (χ1n) is 3.60. The van der Waals surface area contributed by atoms with Crippen LogP contribution in [0.15, 0.2) is 6.33 Å². The maximum Gasteiger partial charge on any atom is 0.360 e. The zero-order valence-corrected chi connectivity index (χ0v) is 6.95. The number of carbonyl (C=O) groups is 1. The number of nitrogen functional groups attached to an aromatic ring is 1. The Hall–Kier alpha value is -1.72. The summed E-state index contributed by atoms with van der Waals surface area (Å²) in [6.07, 6.45) is 1.00. The molecule has 1 rings (SSSR count). The second-order valence-electron chi connectivity index (χ2n) is 2.14. The van der Waals surface area contributed by atoms with Crippen molar-refractivity contribution in [3.8, 4) is 0 Å². The SMILES string of the molecule is CCOC(=O)c1ncnc(N)c1F. The molecule has 0 saturated carbocycles. The Bertz CT molecular complexity index is 330. The molecule has 0 aliphatic rings. The van der Waals surface area contributed by atoms with Gasteiger partial charge in [-0.1, -0.05) is 0 Å². The minimum Gasteiger partial charge on any atom is -0.461 e. The van der Waals surface area contributed by atoms with Crippen molar-refractivity contribution in [2.45, 2.75) is 6.92 Å². The molecule has 0 unspecified atom stereocenters. The molecule has 0 saturated heterocycles. The molecule has 0 aliphatic heterocycles. The van der Waals surface area contributed by atoms with Crippen LogP contribution in [0.2, 0.25) is 0 Å². The molecule has 6 heteroatoms. The third kappa shape index (κ3) is 1.90. The maximum absolute atomic E-state index is 13.0. The van der Waals surface area contributed by atoms with Gasteiger partial charge < -0.3 is 10.5 Å². The third-order valence-corrected chi connectivity index (χ3v) is 1.29. The number of anilines is 1. The molecule has 0 atom stereocenters. The summed E-state index contributed by atoms with van der Waals surface area (Å²) < 4.78 is 17.6. The van der Waals surface area contributed by atoms with E-state index < -0.39 is 17.5 Å². The lowest BCUT2D eigenvalue weighted by Gasteiger charge is -2.02. The number of hydrogen-bond donors (Lipinski definition) is 1. The Morgan fingerprint density at radius 2 is 2.38 bits per heavy atom. The lowest BCUT2D eigenvalue weighted by molar-refractivity contribution is 0.0513. The normalized spacial score (nSPS) is 9.69. The number of rotatable bonds is 2. The first-order chi connectivity index (χ1) is 6.16. The maximum atomic E-state index is 13.0. The van der Waals surface area contributed by atoms with Crippen molar-refractivity contribution in [2.75, 3.05) is 12.3 Å². The minimum atomic E-state index is -0.944. The molecule has 1 heterocycles. The number of esters is 1. The van der Waals surface area contributed by atoms with Gasteiger partial charge in [-0.3, -0.25) is 0 Å². The van der Waals surface area contributed by atoms with E-state index in [2.05, 4.69) is 14.7 Å². The zero-order valence-electron chi connectivity index (χ0n) is 6.95. The average molecular weight is 185 g/mol. The molecule has 0 amide bonds. The number of aromatic nitrogens is 2. The summed E-state index contributed by atoms with van der Waals surface area (Å²) >= 11 is 0. The Labute approximate surface area is 73.7 Å². The van der Waals surface area contributed by atoms with E-state index in [-0.39, 0.29) is 12.4 Å².